The van der Waals surface area contributed by atoms with Crippen molar-refractivity contribution in [1.29, 1.82) is 0 Å². The molecule has 6 nitrogen and oxygen atoms in total. The number of alkyl halides is 1. The van der Waals surface area contributed by atoms with Gasteiger partial charge in [0.1, 0.15) is 0 Å². The Balaban J connectivity index is 0.000000270. The van der Waals surface area contributed by atoms with Crippen molar-refractivity contribution in [2.75, 3.05) is 18.5 Å². The molecular weight excluding hydrogens is 816 g/mol. The largest absolute Gasteiger partial charge is 0.417 e. The summed E-state index contributed by atoms with van der Waals surface area (Å²) in [4.78, 5) is 9.95. The molecule has 2 aromatic heterocycles. The maximum Gasteiger partial charge on any atom is 0.191 e. The van der Waals surface area contributed by atoms with E-state index >= 15 is 0 Å². The molecule has 0 aliphatic heterocycles. The predicted molar refractivity (Wildman–Crippen MR) is 217 cm³/mol. The fourth-order valence-electron chi connectivity index (χ4n) is 4.02. The summed E-state index contributed by atoms with van der Waals surface area (Å²) in [7, 11) is -3.12. The van der Waals surface area contributed by atoms with Gasteiger partial charge in [-0.05, 0) is 105 Å². The van der Waals surface area contributed by atoms with Crippen molar-refractivity contribution in [1.82, 2.24) is 9.55 Å². The molecule has 0 fully saturated rings. The number of hydrogen-bond donors (Lipinski definition) is 1. The number of benzene rings is 2. The minimum atomic E-state index is -1.66. The molecule has 47 heavy (non-hydrogen) atoms. The Labute approximate surface area is 310 Å². The third kappa shape index (κ3) is 12.0. The van der Waals surface area contributed by atoms with Gasteiger partial charge in [0.05, 0.1) is 13.1 Å². The zero-order valence-corrected chi connectivity index (χ0v) is 36.4. The van der Waals surface area contributed by atoms with Crippen molar-refractivity contribution in [3.8, 4) is 0 Å². The lowest BCUT2D eigenvalue weighted by Gasteiger charge is -2.36. The molecule has 0 unspecified atom stereocenters. The van der Waals surface area contributed by atoms with E-state index in [0.29, 0.717) is 16.4 Å². The summed E-state index contributed by atoms with van der Waals surface area (Å²) in [6.07, 6.45) is 6.09. The molecule has 0 amide bonds. The summed E-state index contributed by atoms with van der Waals surface area (Å²) >= 11 is 10.4. The molecule has 0 aliphatic carbocycles. The van der Waals surface area contributed by atoms with E-state index in [0.717, 1.165) is 68.7 Å². The van der Waals surface area contributed by atoms with Crippen LogP contribution in [0.25, 0.3) is 31.5 Å². The molecule has 0 bridgehead atoms. The highest BCUT2D eigenvalue weighted by Gasteiger charge is 2.37. The molecule has 4 rings (SSSR count). The molecule has 2 heterocycles. The Morgan fingerprint density at radius 2 is 1.28 bits per heavy atom. The molecule has 4 aromatic rings. The minimum absolute atomic E-state index is 0.256. The fraction of sp³-hybridized carbons (Fsp3) is 0.500. The zero-order valence-electron chi connectivity index (χ0n) is 29.7. The van der Waals surface area contributed by atoms with Gasteiger partial charge in [0.15, 0.2) is 28.0 Å². The second-order valence-corrected chi connectivity index (χ2v) is 26.7. The van der Waals surface area contributed by atoms with Crippen LogP contribution in [0.15, 0.2) is 57.7 Å². The summed E-state index contributed by atoms with van der Waals surface area (Å²) in [6, 6.07) is 11.4. The van der Waals surface area contributed by atoms with Gasteiger partial charge in [-0.3, -0.25) is 0 Å². The predicted octanol–water partition coefficient (Wildman–Crippen LogP) is 13.6. The van der Waals surface area contributed by atoms with Crippen LogP contribution in [0.2, 0.25) is 36.3 Å². The third-order valence-electron chi connectivity index (χ3n) is 9.05. The molecule has 11 heteroatoms. The van der Waals surface area contributed by atoms with Crippen molar-refractivity contribution in [3.63, 3.8) is 0 Å². The van der Waals surface area contributed by atoms with E-state index in [9.17, 15) is 0 Å². The van der Waals surface area contributed by atoms with Crippen LogP contribution >= 0.6 is 47.8 Å². The smallest absolute Gasteiger partial charge is 0.191 e. The molecule has 0 saturated carbocycles. The maximum absolute atomic E-state index is 7.13. The van der Waals surface area contributed by atoms with Gasteiger partial charge in [-0.15, -0.1) is 0 Å². The van der Waals surface area contributed by atoms with Crippen LogP contribution in [-0.2, 0) is 15.4 Å². The molecule has 1 N–H and O–H groups in total. The number of halogens is 3. The van der Waals surface area contributed by atoms with Crippen molar-refractivity contribution in [3.05, 3.63) is 80.6 Å². The Hall–Kier alpha value is -1.71. The quantitative estimate of drug-likeness (QED) is 0.0788. The molecule has 0 radical (unpaired) electrons. The van der Waals surface area contributed by atoms with Gasteiger partial charge >= 0.3 is 0 Å². The molecule has 0 saturated heterocycles. The normalized spacial score (nSPS) is 12.1. The van der Waals surface area contributed by atoms with Crippen molar-refractivity contribution in [2.24, 2.45) is 0 Å². The second kappa shape index (κ2) is 17.8. The van der Waals surface area contributed by atoms with E-state index in [1.807, 2.05) is 36.5 Å². The van der Waals surface area contributed by atoms with Gasteiger partial charge in [-0.25, -0.2) is 9.69 Å². The average molecular weight is 868 g/mol. The topological polar surface area (TPSA) is 47.9 Å². The SMILES string of the molecule is CC(C)(C)[Si](C)(C)OCCCBr.[C-]#[N+]c1ccc2[nH]cc(Br)c2c1.[C-]#[N+]c1ccc2c(c1)c(Br)cn2CCCO[Si](C)(C)C(C)(C)C. The van der Waals surface area contributed by atoms with Gasteiger partial charge < -0.3 is 18.4 Å². The van der Waals surface area contributed by atoms with Crippen molar-refractivity contribution in [2.45, 2.75) is 97.2 Å². The highest BCUT2D eigenvalue weighted by molar-refractivity contribution is 9.11. The molecule has 0 aliphatic rings. The minimum Gasteiger partial charge on any atom is -0.417 e. The van der Waals surface area contributed by atoms with Crippen LogP contribution < -0.4 is 0 Å². The number of aromatic nitrogens is 2. The standard InChI is InChI=1S/C18H25BrN2OSi.C9H5BrN2.C9H21BrOSi/c1-18(2,3)23(5,6)22-11-7-10-21-13-16(19)15-12-14(20-4)8-9-17(15)21;1-11-6-2-3-9-7(4-6)8(10)5-12-9;1-9(2,3)12(4,5)11-8-6-7-10/h8-9,12-13H,7,10-11H2,1-3,5-6H3;2-5,12H;6-8H2,1-5H3. The Kier molecular flexibility index (Phi) is 15.7. The lowest BCUT2D eigenvalue weighted by atomic mass is 10.2. The summed E-state index contributed by atoms with van der Waals surface area (Å²) < 4.78 is 16.5. The van der Waals surface area contributed by atoms with E-state index in [-0.39, 0.29) is 5.04 Å². The van der Waals surface area contributed by atoms with E-state index in [1.165, 1.54) is 0 Å². The monoisotopic (exact) mass is 864 g/mol. The molecule has 256 valence electrons. The van der Waals surface area contributed by atoms with E-state index in [2.05, 4.69) is 141 Å². The second-order valence-electron chi connectivity index (χ2n) is 14.6. The van der Waals surface area contributed by atoms with Crippen LogP contribution in [-0.4, -0.2) is 44.7 Å². The van der Waals surface area contributed by atoms with Gasteiger partial charge in [-0.2, -0.15) is 0 Å². The number of H-pyrrole nitrogens is 1. The van der Waals surface area contributed by atoms with Crippen LogP contribution in [0.4, 0.5) is 11.4 Å². The van der Waals surface area contributed by atoms with E-state index in [4.69, 9.17) is 22.0 Å². The van der Waals surface area contributed by atoms with E-state index < -0.39 is 16.6 Å². The van der Waals surface area contributed by atoms with Gasteiger partial charge in [0.2, 0.25) is 0 Å². The Morgan fingerprint density at radius 3 is 1.79 bits per heavy atom. The first-order chi connectivity index (χ1) is 21.8. The first-order valence-electron chi connectivity index (χ1n) is 15.9. The summed E-state index contributed by atoms with van der Waals surface area (Å²) in [5, 5.41) is 3.81. The van der Waals surface area contributed by atoms with Gasteiger partial charge in [-0.1, -0.05) is 69.6 Å². The third-order valence-corrected chi connectivity index (χ3v) is 20.0. The number of aromatic amines is 1. The van der Waals surface area contributed by atoms with Crippen LogP contribution in [0.5, 0.6) is 0 Å². The Morgan fingerprint density at radius 1 is 0.766 bits per heavy atom. The molecule has 2 aromatic carbocycles. The zero-order chi connectivity index (χ0) is 35.6. The first-order valence-corrected chi connectivity index (χ1v) is 24.4. The summed E-state index contributed by atoms with van der Waals surface area (Å²) in [5.41, 5.74) is 3.56. The van der Waals surface area contributed by atoms with Crippen LogP contribution in [0, 0.1) is 13.1 Å². The van der Waals surface area contributed by atoms with Crippen molar-refractivity contribution < 1.29 is 8.85 Å². The van der Waals surface area contributed by atoms with Gasteiger partial charge in [0, 0.05) is 68.2 Å². The number of aryl methyl sites for hydroxylation is 1. The lowest BCUT2D eigenvalue weighted by molar-refractivity contribution is 0.275. The number of nitrogens with one attached hydrogen (secondary N) is 1. The van der Waals surface area contributed by atoms with Gasteiger partial charge in [0.25, 0.3) is 0 Å². The number of nitrogens with zero attached hydrogens (tertiary/aromatic N) is 3. The lowest BCUT2D eigenvalue weighted by Crippen LogP contribution is -2.41. The number of rotatable bonds is 9. The van der Waals surface area contributed by atoms with E-state index in [1.54, 1.807) is 6.07 Å². The fourth-order valence-corrected chi connectivity index (χ4v) is 7.43. The Bertz CT molecular complexity index is 1690. The highest BCUT2D eigenvalue weighted by Crippen LogP contribution is 2.37. The molecular formula is C36H51Br3N4O2Si2. The summed E-state index contributed by atoms with van der Waals surface area (Å²) in [6.45, 7) is 39.4. The molecule has 0 spiro atoms. The van der Waals surface area contributed by atoms with Crippen LogP contribution in [0.3, 0.4) is 0 Å². The highest BCUT2D eigenvalue weighted by atomic mass is 79.9. The number of hydrogen-bond acceptors (Lipinski definition) is 2. The number of fused-ring (bicyclic) bond motifs is 2. The van der Waals surface area contributed by atoms with Crippen molar-refractivity contribution >= 4 is 97.6 Å². The van der Waals surface area contributed by atoms with Crippen LogP contribution in [0.1, 0.15) is 54.4 Å². The maximum atomic E-state index is 7.13. The summed E-state index contributed by atoms with van der Waals surface area (Å²) in [5.74, 6) is 0. The average Bonchev–Trinajstić information content (AvgIpc) is 3.52. The first kappa shape index (κ1) is 41.5. The molecule has 0 atom stereocenters.